The van der Waals surface area contributed by atoms with Crippen molar-refractivity contribution in [2.45, 2.75) is 32.8 Å². The number of amides is 2. The largest absolute Gasteiger partial charge is 0.493 e. The van der Waals surface area contributed by atoms with Crippen molar-refractivity contribution in [1.82, 2.24) is 5.43 Å². The van der Waals surface area contributed by atoms with Crippen molar-refractivity contribution in [2.75, 3.05) is 13.7 Å². The Kier molecular flexibility index (Phi) is 4.44. The molecule has 0 saturated carbocycles. The summed E-state index contributed by atoms with van der Waals surface area (Å²) in [7, 11) is 1.57. The quantitative estimate of drug-likeness (QED) is 0.832. The van der Waals surface area contributed by atoms with E-state index in [1.807, 2.05) is 20.8 Å². The molecule has 0 radical (unpaired) electrons. The van der Waals surface area contributed by atoms with Crippen LogP contribution in [0.2, 0.25) is 0 Å². The van der Waals surface area contributed by atoms with Crippen molar-refractivity contribution in [1.29, 1.82) is 0 Å². The molecular weight excluding hydrogens is 286 g/mol. The number of nitrogens with zero attached hydrogens (tertiary/aromatic N) is 1. The van der Waals surface area contributed by atoms with E-state index in [1.165, 1.54) is 0 Å². The van der Waals surface area contributed by atoms with Crippen LogP contribution in [0.3, 0.4) is 0 Å². The van der Waals surface area contributed by atoms with Crippen LogP contribution in [0, 0.1) is 0 Å². The third-order valence-corrected chi connectivity index (χ3v) is 3.16. The van der Waals surface area contributed by atoms with Crippen LogP contribution in [-0.4, -0.2) is 31.1 Å². The second kappa shape index (κ2) is 6.13. The molecule has 7 nitrogen and oxygen atoms in total. The van der Waals surface area contributed by atoms with E-state index >= 15 is 0 Å². The van der Waals surface area contributed by atoms with Crippen molar-refractivity contribution < 1.29 is 19.0 Å². The lowest BCUT2D eigenvalue weighted by Gasteiger charge is -2.33. The second-order valence-corrected chi connectivity index (χ2v) is 5.51. The van der Waals surface area contributed by atoms with Crippen LogP contribution in [0.4, 0.5) is 4.79 Å². The van der Waals surface area contributed by atoms with Gasteiger partial charge < -0.3 is 19.9 Å². The van der Waals surface area contributed by atoms with Crippen molar-refractivity contribution in [3.8, 4) is 17.2 Å². The summed E-state index contributed by atoms with van der Waals surface area (Å²) in [6, 6.07) is 2.85. The van der Waals surface area contributed by atoms with Crippen LogP contribution >= 0.6 is 0 Å². The van der Waals surface area contributed by atoms with Gasteiger partial charge in [-0.1, -0.05) is 0 Å². The Labute approximate surface area is 129 Å². The molecule has 2 rings (SSSR count). The number of rotatable bonds is 4. The first-order valence-corrected chi connectivity index (χ1v) is 7.02. The molecule has 0 fully saturated rings. The minimum Gasteiger partial charge on any atom is -0.493 e. The average molecular weight is 307 g/mol. The van der Waals surface area contributed by atoms with Crippen LogP contribution in [0.1, 0.15) is 32.8 Å². The Balaban J connectivity index is 2.51. The number of hydrogen-bond donors (Lipinski definition) is 2. The summed E-state index contributed by atoms with van der Waals surface area (Å²) < 4.78 is 16.9. The van der Waals surface area contributed by atoms with Crippen molar-refractivity contribution in [3.63, 3.8) is 0 Å². The van der Waals surface area contributed by atoms with Crippen LogP contribution in [0.15, 0.2) is 17.2 Å². The van der Waals surface area contributed by atoms with Gasteiger partial charge in [-0.05, 0) is 26.8 Å². The monoisotopic (exact) mass is 307 g/mol. The molecule has 1 aliphatic rings. The molecule has 1 heterocycles. The highest BCUT2D eigenvalue weighted by molar-refractivity contribution is 6.05. The number of urea groups is 1. The summed E-state index contributed by atoms with van der Waals surface area (Å²) in [6.45, 7) is 6.30. The zero-order chi connectivity index (χ0) is 16.3. The third kappa shape index (κ3) is 3.41. The van der Waals surface area contributed by atoms with Gasteiger partial charge in [0, 0.05) is 18.1 Å². The number of primary amides is 1. The Morgan fingerprint density at radius 3 is 2.77 bits per heavy atom. The predicted molar refractivity (Wildman–Crippen MR) is 82.7 cm³/mol. The first-order chi connectivity index (χ1) is 10.4. The highest BCUT2D eigenvalue weighted by atomic mass is 16.5. The Morgan fingerprint density at radius 1 is 1.45 bits per heavy atom. The molecule has 0 saturated heterocycles. The normalized spacial score (nSPS) is 17.4. The van der Waals surface area contributed by atoms with Gasteiger partial charge in [0.05, 0.1) is 19.4 Å². The van der Waals surface area contributed by atoms with Crippen LogP contribution in [-0.2, 0) is 0 Å². The molecule has 0 spiro atoms. The van der Waals surface area contributed by atoms with Crippen LogP contribution < -0.4 is 25.4 Å². The number of nitrogens with two attached hydrogens (primary N) is 1. The number of methoxy groups -OCH3 is 1. The van der Waals surface area contributed by atoms with Crippen molar-refractivity contribution in [3.05, 3.63) is 17.7 Å². The Hall–Kier alpha value is -2.44. The van der Waals surface area contributed by atoms with E-state index < -0.39 is 11.6 Å². The predicted octanol–water partition coefficient (Wildman–Crippen LogP) is 2.03. The van der Waals surface area contributed by atoms with Crippen LogP contribution in [0.25, 0.3) is 0 Å². The summed E-state index contributed by atoms with van der Waals surface area (Å²) >= 11 is 0. The number of carbonyl (C=O) groups excluding carboxylic acids is 1. The summed E-state index contributed by atoms with van der Waals surface area (Å²) in [5, 5.41) is 4.09. The molecule has 0 bridgehead atoms. The maximum atomic E-state index is 10.9. The first-order valence-electron chi connectivity index (χ1n) is 7.02. The molecule has 120 valence electrons. The number of benzene rings is 1. The standard InChI is InChI=1S/C15H21N3O4/c1-5-21-13-7-11-9(6-12(13)20-4)10(17-18-14(16)19)8-15(2,3)22-11/h6-7H,5,8H2,1-4H3,(H3,16,18,19). The van der Waals surface area contributed by atoms with E-state index in [0.29, 0.717) is 36.0 Å². The molecule has 2 amide bonds. The van der Waals surface area contributed by atoms with Gasteiger partial charge in [0.2, 0.25) is 0 Å². The van der Waals surface area contributed by atoms with Gasteiger partial charge in [-0.25, -0.2) is 10.2 Å². The molecular formula is C15H21N3O4. The summed E-state index contributed by atoms with van der Waals surface area (Å²) in [5.74, 6) is 1.81. The maximum Gasteiger partial charge on any atom is 0.332 e. The van der Waals surface area contributed by atoms with Gasteiger partial charge in [-0.15, -0.1) is 0 Å². The van der Waals surface area contributed by atoms with E-state index in [1.54, 1.807) is 19.2 Å². The fourth-order valence-electron chi connectivity index (χ4n) is 2.33. The molecule has 0 unspecified atom stereocenters. The van der Waals surface area contributed by atoms with Crippen molar-refractivity contribution >= 4 is 11.7 Å². The lowest BCUT2D eigenvalue weighted by molar-refractivity contribution is 0.110. The number of hydrogen-bond acceptors (Lipinski definition) is 5. The highest BCUT2D eigenvalue weighted by Gasteiger charge is 2.32. The van der Waals surface area contributed by atoms with E-state index in [0.717, 1.165) is 5.56 Å². The zero-order valence-corrected chi connectivity index (χ0v) is 13.2. The second-order valence-electron chi connectivity index (χ2n) is 5.51. The smallest absolute Gasteiger partial charge is 0.332 e. The van der Waals surface area contributed by atoms with E-state index in [-0.39, 0.29) is 0 Å². The first kappa shape index (κ1) is 15.9. The van der Waals surface area contributed by atoms with Gasteiger partial charge >= 0.3 is 6.03 Å². The Bertz CT molecular complexity index is 611. The van der Waals surface area contributed by atoms with Crippen LogP contribution in [0.5, 0.6) is 17.2 Å². The lowest BCUT2D eigenvalue weighted by Crippen LogP contribution is -2.37. The molecule has 0 aromatic heterocycles. The fraction of sp³-hybridized carbons (Fsp3) is 0.467. The van der Waals surface area contributed by atoms with Gasteiger partial charge in [-0.2, -0.15) is 5.10 Å². The summed E-state index contributed by atoms with van der Waals surface area (Å²) in [5.41, 5.74) is 8.32. The zero-order valence-electron chi connectivity index (χ0n) is 13.2. The molecule has 1 aliphatic heterocycles. The van der Waals surface area contributed by atoms with E-state index in [2.05, 4.69) is 10.5 Å². The van der Waals surface area contributed by atoms with Crippen molar-refractivity contribution in [2.24, 2.45) is 10.8 Å². The molecule has 22 heavy (non-hydrogen) atoms. The summed E-state index contributed by atoms with van der Waals surface area (Å²) in [4.78, 5) is 10.9. The number of hydrazone groups is 1. The maximum absolute atomic E-state index is 10.9. The SMILES string of the molecule is CCOc1cc2c(cc1OC)C(=NNC(N)=O)CC(C)(C)O2. The minimum absolute atomic E-state index is 0.455. The third-order valence-electron chi connectivity index (χ3n) is 3.16. The number of nitrogens with one attached hydrogen (secondary N) is 1. The minimum atomic E-state index is -0.712. The van der Waals surface area contributed by atoms with Gasteiger partial charge in [0.1, 0.15) is 11.4 Å². The highest BCUT2D eigenvalue weighted by Crippen LogP contribution is 2.40. The molecule has 7 heteroatoms. The number of carbonyl (C=O) groups is 1. The number of ether oxygens (including phenoxy) is 3. The molecule has 1 aromatic rings. The summed E-state index contributed by atoms with van der Waals surface area (Å²) in [6.07, 6.45) is 0.525. The Morgan fingerprint density at radius 2 is 2.18 bits per heavy atom. The number of fused-ring (bicyclic) bond motifs is 1. The molecule has 0 aliphatic carbocycles. The molecule has 3 N–H and O–H groups in total. The van der Waals surface area contributed by atoms with Gasteiger partial charge in [-0.3, -0.25) is 0 Å². The molecule has 0 atom stereocenters. The topological polar surface area (TPSA) is 95.2 Å². The van der Waals surface area contributed by atoms with E-state index in [9.17, 15) is 4.79 Å². The fourth-order valence-corrected chi connectivity index (χ4v) is 2.33. The average Bonchev–Trinajstić information content (AvgIpc) is 2.43. The van der Waals surface area contributed by atoms with Gasteiger partial charge in [0.25, 0.3) is 0 Å². The van der Waals surface area contributed by atoms with Gasteiger partial charge in [0.15, 0.2) is 11.5 Å². The lowest BCUT2D eigenvalue weighted by atomic mass is 9.92. The van der Waals surface area contributed by atoms with E-state index in [4.69, 9.17) is 19.9 Å². The molecule has 1 aromatic carbocycles.